The van der Waals surface area contributed by atoms with Crippen LogP contribution in [0.25, 0.3) is 0 Å². The van der Waals surface area contributed by atoms with E-state index in [1.807, 2.05) is 41.5 Å². The molecule has 6 fully saturated rings. The molecule has 0 amide bonds. The Balaban J connectivity index is 0.000000184. The van der Waals surface area contributed by atoms with E-state index in [0.717, 1.165) is 112 Å². The number of aliphatic hydroxyl groups is 3. The van der Waals surface area contributed by atoms with Gasteiger partial charge in [-0.2, -0.15) is 0 Å². The fourth-order valence-electron chi connectivity index (χ4n) is 17.7. The van der Waals surface area contributed by atoms with Crippen molar-refractivity contribution in [2.45, 2.75) is 226 Å². The molecule has 0 radical (unpaired) electrons. The quantitative estimate of drug-likeness (QED) is 0.198. The van der Waals surface area contributed by atoms with Crippen molar-refractivity contribution in [3.8, 4) is 0 Å². The number of fused-ring (bicyclic) bond motifs is 14. The number of aliphatic carboxylic acids is 1. The molecule has 10 aliphatic rings. The fraction of sp³-hybridized carbons (Fsp3) is 0.697. The molecule has 75 heavy (non-hydrogen) atoms. The van der Waals surface area contributed by atoms with E-state index < -0.39 is 28.0 Å². The number of allylic oxidation sites excluding steroid dienone is 14. The van der Waals surface area contributed by atoms with Crippen LogP contribution in [0.5, 0.6) is 0 Å². The number of rotatable bonds is 2. The van der Waals surface area contributed by atoms with E-state index in [2.05, 4.69) is 86.6 Å². The zero-order chi connectivity index (χ0) is 56.1. The lowest BCUT2D eigenvalue weighted by Gasteiger charge is -2.70. The summed E-state index contributed by atoms with van der Waals surface area (Å²) in [6.45, 7) is 38.1. The van der Waals surface area contributed by atoms with Crippen LogP contribution in [0, 0.1) is 66.0 Å². The first-order valence-corrected chi connectivity index (χ1v) is 28.5. The average Bonchev–Trinajstić information content (AvgIpc) is 3.30. The molecule has 0 saturated heterocycles. The Hall–Kier alpha value is -4.24. The molecule has 0 heterocycles. The number of ether oxygens (including phenoxy) is 1. The molecule has 12 atom stereocenters. The summed E-state index contributed by atoms with van der Waals surface area (Å²) in [7, 11) is 0. The van der Waals surface area contributed by atoms with Gasteiger partial charge in [-0.05, 0) is 238 Å². The van der Waals surface area contributed by atoms with Crippen LogP contribution >= 0.6 is 0 Å². The van der Waals surface area contributed by atoms with Crippen molar-refractivity contribution in [3.63, 3.8) is 0 Å². The van der Waals surface area contributed by atoms with Crippen LogP contribution in [-0.2, 0) is 23.9 Å². The molecule has 0 spiro atoms. The number of carbonyl (C=O) groups excluding carboxylic acids is 3. The maximum atomic E-state index is 13.5. The Kier molecular flexibility index (Phi) is 13.4. The lowest BCUT2D eigenvalue weighted by Crippen LogP contribution is -2.62. The van der Waals surface area contributed by atoms with Crippen molar-refractivity contribution in [2.24, 2.45) is 66.0 Å². The summed E-state index contributed by atoms with van der Waals surface area (Å²) in [4.78, 5) is 51.0. The Bertz CT molecular complexity index is 2770. The molecule has 0 bridgehead atoms. The van der Waals surface area contributed by atoms with E-state index in [4.69, 9.17) is 9.84 Å². The van der Waals surface area contributed by atoms with Crippen molar-refractivity contribution >= 4 is 23.5 Å². The number of carbonyl (C=O) groups is 4. The zero-order valence-electron chi connectivity index (χ0n) is 49.3. The second-order valence-electron chi connectivity index (χ2n) is 30.2. The maximum absolute atomic E-state index is 13.5. The topological polar surface area (TPSA) is 158 Å². The highest BCUT2D eigenvalue weighted by Crippen LogP contribution is 2.77. The predicted molar refractivity (Wildman–Crippen MR) is 297 cm³/mol. The smallest absolute Gasteiger partial charge is 0.312 e. The molecule has 6 saturated carbocycles. The van der Waals surface area contributed by atoms with E-state index in [0.29, 0.717) is 23.0 Å². The summed E-state index contributed by atoms with van der Waals surface area (Å²) in [6, 6.07) is 0. The molecule has 9 nitrogen and oxygen atoms in total. The molecule has 0 aromatic rings. The highest BCUT2D eigenvalue weighted by atomic mass is 16.6. The van der Waals surface area contributed by atoms with E-state index in [1.165, 1.54) is 11.1 Å². The first kappa shape index (κ1) is 56.9. The van der Waals surface area contributed by atoms with Gasteiger partial charge in [-0.25, -0.2) is 0 Å². The van der Waals surface area contributed by atoms with Gasteiger partial charge in [0, 0.05) is 22.0 Å². The number of carboxylic acid groups (broad SMARTS) is 1. The summed E-state index contributed by atoms with van der Waals surface area (Å²) in [5.74, 6) is -0.770. The summed E-state index contributed by atoms with van der Waals surface area (Å²) < 4.78 is 5.95. The zero-order valence-corrected chi connectivity index (χ0v) is 49.3. The second-order valence-corrected chi connectivity index (χ2v) is 30.2. The minimum absolute atomic E-state index is 0.0000746. The van der Waals surface area contributed by atoms with Gasteiger partial charge in [0.05, 0.1) is 16.4 Å². The first-order chi connectivity index (χ1) is 34.1. The monoisotopic (exact) mass is 1030 g/mol. The highest BCUT2D eigenvalue weighted by Gasteiger charge is 2.69. The van der Waals surface area contributed by atoms with Gasteiger partial charge in [0.1, 0.15) is 5.60 Å². The fourth-order valence-corrected chi connectivity index (χ4v) is 17.7. The van der Waals surface area contributed by atoms with Gasteiger partial charge in [-0.3, -0.25) is 19.2 Å². The molecule has 9 heteroatoms. The van der Waals surface area contributed by atoms with E-state index in [9.17, 15) is 34.5 Å². The lowest BCUT2D eigenvalue weighted by molar-refractivity contribution is -0.189. The molecule has 0 unspecified atom stereocenters. The molecule has 4 N–H and O–H groups in total. The Morgan fingerprint density at radius 1 is 0.533 bits per heavy atom. The second kappa shape index (κ2) is 17.6. The molecular formula is C66H94O9. The lowest BCUT2D eigenvalue weighted by atomic mass is 9.34. The standard InChI is InChI=1S/C33H46O4.C29H38O4.C4H10O/c1-20-21-10-11-24-31(7,22(21)18-23(34)26(20)35)15-17-33(9)25-19-30(6,27(36)37-28(2,3)4)13-12-29(25,5)14-16-32(24,33)8;1-17-18-7-8-21-27(4,19(18)15-20(30)23(17)31)12-14-29(6)22-16-26(3,24(32)33)10-9-25(22,2)11-13-28(21,29)5;1-4(2,3)5/h10-11,18,25,35H,12-17,19H2,1-9H3;7-8,15,22,31H,9-14,16H2,1-6H3,(H,32,33);5H,1-3H3/t25-,29-,30-,31+,32-,33+;22-,25-,26-,27+,28-,29+;/m11./s1. The number of aliphatic hydroxyl groups excluding tert-OH is 2. The SMILES string of the molecule is CC(C)(C)O.CC1=C(O)C(=O)C=C2C1=CC=C1[C@@]2(C)CC[C@@]2(C)[C@@H]3C[C@](C)(C(=O)O)CC[C@]3(C)CC[C@]12C.CC1=C(O)C(=O)C=C2C1=CC=C1[C@@]2(C)CC[C@@]2(C)[C@@H]3C[C@](C)(C(=O)OC(C)(C)C)CC[C@]3(C)CC[C@]12C. The molecule has 0 aliphatic heterocycles. The van der Waals surface area contributed by atoms with Gasteiger partial charge in [-0.15, -0.1) is 0 Å². The minimum atomic E-state index is -0.655. The van der Waals surface area contributed by atoms with Gasteiger partial charge in [0.25, 0.3) is 0 Å². The Labute approximate surface area is 450 Å². The van der Waals surface area contributed by atoms with Crippen LogP contribution in [0.2, 0.25) is 0 Å². The van der Waals surface area contributed by atoms with Crippen molar-refractivity contribution in [1.82, 2.24) is 0 Å². The van der Waals surface area contributed by atoms with Crippen LogP contribution in [0.15, 0.2) is 92.6 Å². The molecule has 0 aromatic carbocycles. The van der Waals surface area contributed by atoms with E-state index in [1.54, 1.807) is 32.9 Å². The number of hydrogen-bond donors (Lipinski definition) is 4. The number of ketones is 2. The van der Waals surface area contributed by atoms with Gasteiger partial charge in [0.2, 0.25) is 11.6 Å². The molecule has 10 rings (SSSR count). The average molecular weight is 1030 g/mol. The first-order valence-electron chi connectivity index (χ1n) is 28.5. The highest BCUT2D eigenvalue weighted by molar-refractivity contribution is 6.07. The number of carboxylic acids is 1. The third kappa shape index (κ3) is 8.62. The van der Waals surface area contributed by atoms with Crippen molar-refractivity contribution in [3.05, 3.63) is 92.6 Å². The normalized spacial score (nSPS) is 42.8. The molecule has 0 aromatic heterocycles. The van der Waals surface area contributed by atoms with E-state index >= 15 is 0 Å². The molecule has 10 aliphatic carbocycles. The van der Waals surface area contributed by atoms with Gasteiger partial charge >= 0.3 is 11.9 Å². The summed E-state index contributed by atoms with van der Waals surface area (Å²) in [5, 5.41) is 39.2. The summed E-state index contributed by atoms with van der Waals surface area (Å²) in [5.41, 5.74) is 6.05. The van der Waals surface area contributed by atoms with Gasteiger partial charge < -0.3 is 25.2 Å². The maximum Gasteiger partial charge on any atom is 0.312 e. The van der Waals surface area contributed by atoms with Crippen LogP contribution in [-0.4, -0.2) is 55.1 Å². The van der Waals surface area contributed by atoms with Crippen molar-refractivity contribution in [1.29, 1.82) is 0 Å². The number of esters is 1. The van der Waals surface area contributed by atoms with Crippen LogP contribution < -0.4 is 0 Å². The van der Waals surface area contributed by atoms with Crippen LogP contribution in [0.4, 0.5) is 0 Å². The largest absolute Gasteiger partial charge is 0.504 e. The van der Waals surface area contributed by atoms with Crippen LogP contribution in [0.1, 0.15) is 215 Å². The third-order valence-electron chi connectivity index (χ3n) is 23.2. The molecular weight excluding hydrogens is 937 g/mol. The Morgan fingerprint density at radius 2 is 0.880 bits per heavy atom. The summed E-state index contributed by atoms with van der Waals surface area (Å²) >= 11 is 0. The van der Waals surface area contributed by atoms with Crippen LogP contribution in [0.3, 0.4) is 0 Å². The van der Waals surface area contributed by atoms with E-state index in [-0.39, 0.29) is 72.4 Å². The number of hydrogen-bond acceptors (Lipinski definition) is 8. The molecule has 412 valence electrons. The van der Waals surface area contributed by atoms with Gasteiger partial charge in [-0.1, -0.05) is 90.8 Å². The third-order valence-corrected chi connectivity index (χ3v) is 23.2. The van der Waals surface area contributed by atoms with Gasteiger partial charge in [0.15, 0.2) is 11.5 Å². The predicted octanol–water partition coefficient (Wildman–Crippen LogP) is 15.4. The minimum Gasteiger partial charge on any atom is -0.504 e. The Morgan fingerprint density at radius 3 is 1.24 bits per heavy atom. The van der Waals surface area contributed by atoms with Crippen molar-refractivity contribution < 1.29 is 44.3 Å². The summed E-state index contributed by atoms with van der Waals surface area (Å²) in [6.07, 6.45) is 25.9. The van der Waals surface area contributed by atoms with Crippen molar-refractivity contribution in [2.75, 3.05) is 0 Å².